The van der Waals surface area contributed by atoms with E-state index >= 15 is 0 Å². The number of carbonyl (C=O) groups excluding carboxylic acids is 2. The van der Waals surface area contributed by atoms with Crippen molar-refractivity contribution in [3.63, 3.8) is 0 Å². The molecule has 0 spiro atoms. The fourth-order valence-electron chi connectivity index (χ4n) is 2.19. The second-order valence-electron chi connectivity index (χ2n) is 4.43. The third-order valence-corrected chi connectivity index (χ3v) is 3.38. The number of imide groups is 1. The Balaban J connectivity index is 2.06. The van der Waals surface area contributed by atoms with E-state index < -0.39 is 0 Å². The fraction of sp³-hybridized carbons (Fsp3) is 0.0667. The highest BCUT2D eigenvalue weighted by Gasteiger charge is 2.22. The quantitative estimate of drug-likeness (QED) is 0.811. The summed E-state index contributed by atoms with van der Waals surface area (Å²) in [6.45, 7) is 0. The average Bonchev–Trinajstić information content (AvgIpc) is 2.38. The van der Waals surface area contributed by atoms with Crippen LogP contribution in [0.3, 0.4) is 0 Å². The van der Waals surface area contributed by atoms with Gasteiger partial charge >= 0.3 is 0 Å². The van der Waals surface area contributed by atoms with E-state index in [4.69, 9.17) is 11.6 Å². The lowest BCUT2D eigenvalue weighted by molar-refractivity contribution is -0.119. The highest BCUT2D eigenvalue weighted by atomic mass is 35.5. The van der Waals surface area contributed by atoms with Crippen LogP contribution in [-0.2, 0) is 11.2 Å². The average molecular weight is 272 g/mol. The molecule has 0 radical (unpaired) electrons. The Labute approximate surface area is 115 Å². The molecule has 2 aromatic rings. The van der Waals surface area contributed by atoms with Crippen molar-refractivity contribution in [2.45, 2.75) is 6.42 Å². The van der Waals surface area contributed by atoms with Crippen LogP contribution in [0.5, 0.6) is 0 Å². The van der Waals surface area contributed by atoms with Gasteiger partial charge in [-0.25, -0.2) is 0 Å². The lowest BCUT2D eigenvalue weighted by Gasteiger charge is -2.16. The van der Waals surface area contributed by atoms with E-state index in [1.807, 2.05) is 36.4 Å². The third-order valence-electron chi connectivity index (χ3n) is 3.13. The Morgan fingerprint density at radius 2 is 1.63 bits per heavy atom. The van der Waals surface area contributed by atoms with Crippen molar-refractivity contribution < 1.29 is 9.59 Å². The van der Waals surface area contributed by atoms with E-state index in [9.17, 15) is 9.59 Å². The Hall–Kier alpha value is -2.13. The maximum atomic E-state index is 11.6. The summed E-state index contributed by atoms with van der Waals surface area (Å²) < 4.78 is 0. The normalized spacial score (nSPS) is 13.9. The van der Waals surface area contributed by atoms with Crippen LogP contribution in [0, 0.1) is 0 Å². The first-order valence-electron chi connectivity index (χ1n) is 5.86. The van der Waals surface area contributed by atoms with Crippen molar-refractivity contribution in [1.29, 1.82) is 0 Å². The molecule has 2 amide bonds. The number of amides is 2. The van der Waals surface area contributed by atoms with Crippen LogP contribution >= 0.6 is 11.6 Å². The number of nitrogens with one attached hydrogen (secondary N) is 1. The summed E-state index contributed by atoms with van der Waals surface area (Å²) in [5, 5.41) is 2.98. The van der Waals surface area contributed by atoms with Crippen molar-refractivity contribution in [1.82, 2.24) is 5.32 Å². The number of hydrogen-bond donors (Lipinski definition) is 1. The first kappa shape index (κ1) is 11.9. The van der Waals surface area contributed by atoms with Crippen LogP contribution in [0.15, 0.2) is 42.5 Å². The maximum Gasteiger partial charge on any atom is 0.258 e. The summed E-state index contributed by atoms with van der Waals surface area (Å²) in [4.78, 5) is 23.0. The summed E-state index contributed by atoms with van der Waals surface area (Å²) >= 11 is 5.86. The standard InChI is InChI=1S/C15H10ClNO2/c16-12-4-1-9(2-5-12)10-3-6-13-11(7-10)8-14(18)17-15(13)19/h1-7H,8H2,(H,17,18,19). The van der Waals surface area contributed by atoms with Crippen molar-refractivity contribution in [2.24, 2.45) is 0 Å². The van der Waals surface area contributed by atoms with Gasteiger partial charge in [-0.1, -0.05) is 29.8 Å². The zero-order chi connectivity index (χ0) is 13.4. The number of rotatable bonds is 1. The molecule has 4 heteroatoms. The number of halogens is 1. The van der Waals surface area contributed by atoms with E-state index in [1.165, 1.54) is 0 Å². The molecule has 0 aliphatic carbocycles. The lowest BCUT2D eigenvalue weighted by atomic mass is 9.95. The van der Waals surface area contributed by atoms with Gasteiger partial charge in [0.2, 0.25) is 5.91 Å². The summed E-state index contributed by atoms with van der Waals surface area (Å²) in [6, 6.07) is 13.0. The van der Waals surface area contributed by atoms with E-state index in [-0.39, 0.29) is 18.2 Å². The summed E-state index contributed by atoms with van der Waals surface area (Å²) in [6.07, 6.45) is 0.239. The molecule has 2 aromatic carbocycles. The number of fused-ring (bicyclic) bond motifs is 1. The molecule has 0 atom stereocenters. The minimum absolute atomic E-state index is 0.239. The molecule has 0 saturated carbocycles. The van der Waals surface area contributed by atoms with Crippen LogP contribution in [-0.4, -0.2) is 11.8 Å². The van der Waals surface area contributed by atoms with Gasteiger partial charge in [-0.2, -0.15) is 0 Å². The molecule has 0 bridgehead atoms. The summed E-state index contributed by atoms with van der Waals surface area (Å²) in [5.41, 5.74) is 3.31. The lowest BCUT2D eigenvalue weighted by Crippen LogP contribution is -2.37. The van der Waals surface area contributed by atoms with Gasteiger partial charge in [0, 0.05) is 10.6 Å². The van der Waals surface area contributed by atoms with Gasteiger partial charge in [0.1, 0.15) is 0 Å². The van der Waals surface area contributed by atoms with Crippen LogP contribution in [0.4, 0.5) is 0 Å². The van der Waals surface area contributed by atoms with Gasteiger partial charge < -0.3 is 0 Å². The molecule has 1 aliphatic heterocycles. The minimum atomic E-state index is -0.325. The summed E-state index contributed by atoms with van der Waals surface area (Å²) in [7, 11) is 0. The van der Waals surface area contributed by atoms with Gasteiger partial charge in [0.15, 0.2) is 0 Å². The van der Waals surface area contributed by atoms with Crippen molar-refractivity contribution in [2.75, 3.05) is 0 Å². The highest BCUT2D eigenvalue weighted by Crippen LogP contribution is 2.25. The zero-order valence-electron chi connectivity index (χ0n) is 9.94. The SMILES string of the molecule is O=C1Cc2cc(-c3ccc(Cl)cc3)ccc2C(=O)N1. The van der Waals surface area contributed by atoms with Crippen molar-refractivity contribution >= 4 is 23.4 Å². The molecule has 0 fully saturated rings. The van der Waals surface area contributed by atoms with Crippen LogP contribution < -0.4 is 5.32 Å². The van der Waals surface area contributed by atoms with Gasteiger partial charge in [0.25, 0.3) is 5.91 Å². The van der Waals surface area contributed by atoms with Gasteiger partial charge in [-0.15, -0.1) is 0 Å². The summed E-state index contributed by atoms with van der Waals surface area (Å²) in [5.74, 6) is -0.584. The second-order valence-corrected chi connectivity index (χ2v) is 4.87. The number of hydrogen-bond acceptors (Lipinski definition) is 2. The Morgan fingerprint density at radius 1 is 0.947 bits per heavy atom. The van der Waals surface area contributed by atoms with E-state index in [0.717, 1.165) is 16.7 Å². The van der Waals surface area contributed by atoms with Crippen LogP contribution in [0.25, 0.3) is 11.1 Å². The molecule has 1 heterocycles. The first-order valence-corrected chi connectivity index (χ1v) is 6.24. The molecule has 0 unspecified atom stereocenters. The van der Waals surface area contributed by atoms with Gasteiger partial charge in [-0.3, -0.25) is 14.9 Å². The Morgan fingerprint density at radius 3 is 2.37 bits per heavy atom. The smallest absolute Gasteiger partial charge is 0.258 e. The van der Waals surface area contributed by atoms with Crippen molar-refractivity contribution in [3.8, 4) is 11.1 Å². The van der Waals surface area contributed by atoms with Crippen LogP contribution in [0.1, 0.15) is 15.9 Å². The third kappa shape index (κ3) is 2.25. The number of carbonyl (C=O) groups is 2. The highest BCUT2D eigenvalue weighted by molar-refractivity contribution is 6.30. The molecule has 3 nitrogen and oxygen atoms in total. The van der Waals surface area contributed by atoms with E-state index in [2.05, 4.69) is 5.32 Å². The Bertz CT molecular complexity index is 677. The topological polar surface area (TPSA) is 46.2 Å². The monoisotopic (exact) mass is 271 g/mol. The first-order chi connectivity index (χ1) is 9.13. The second kappa shape index (κ2) is 4.52. The van der Waals surface area contributed by atoms with Crippen LogP contribution in [0.2, 0.25) is 5.02 Å². The van der Waals surface area contributed by atoms with E-state index in [0.29, 0.717) is 10.6 Å². The fourth-order valence-corrected chi connectivity index (χ4v) is 2.32. The zero-order valence-corrected chi connectivity index (χ0v) is 10.7. The Kier molecular flexibility index (Phi) is 2.84. The van der Waals surface area contributed by atoms with Gasteiger partial charge in [0.05, 0.1) is 6.42 Å². The molecule has 1 N–H and O–H groups in total. The largest absolute Gasteiger partial charge is 0.292 e. The maximum absolute atomic E-state index is 11.6. The van der Waals surface area contributed by atoms with Gasteiger partial charge in [-0.05, 0) is 41.0 Å². The molecule has 0 saturated heterocycles. The molecule has 3 rings (SSSR count). The molecule has 94 valence electrons. The molecule has 1 aliphatic rings. The predicted octanol–water partition coefficient (Wildman–Crippen LogP) is 2.82. The van der Waals surface area contributed by atoms with E-state index in [1.54, 1.807) is 6.07 Å². The molecule has 19 heavy (non-hydrogen) atoms. The predicted molar refractivity (Wildman–Crippen MR) is 73.1 cm³/mol. The number of benzene rings is 2. The minimum Gasteiger partial charge on any atom is -0.292 e. The molecule has 0 aromatic heterocycles. The molecular weight excluding hydrogens is 262 g/mol. The molecular formula is C15H10ClNO2. The van der Waals surface area contributed by atoms with Crippen molar-refractivity contribution in [3.05, 3.63) is 58.6 Å².